The predicted octanol–water partition coefficient (Wildman–Crippen LogP) is 2.30. The van der Waals surface area contributed by atoms with Crippen molar-refractivity contribution in [2.75, 3.05) is 6.54 Å². The van der Waals surface area contributed by atoms with Crippen molar-refractivity contribution in [3.05, 3.63) is 22.4 Å². The first-order chi connectivity index (χ1) is 7.67. The second-order valence-corrected chi connectivity index (χ2v) is 4.84. The fourth-order valence-electron chi connectivity index (χ4n) is 1.56. The Morgan fingerprint density at radius 3 is 2.88 bits per heavy atom. The van der Waals surface area contributed by atoms with Crippen LogP contribution in [-0.4, -0.2) is 12.5 Å². The van der Waals surface area contributed by atoms with Crippen LogP contribution in [0, 0.1) is 5.92 Å². The number of carbonyl (C=O) groups excluding carboxylic acids is 1. The number of rotatable bonds is 6. The molecule has 0 radical (unpaired) electrons. The van der Waals surface area contributed by atoms with E-state index in [1.165, 1.54) is 5.56 Å². The fourth-order valence-corrected chi connectivity index (χ4v) is 2.32. The van der Waals surface area contributed by atoms with E-state index < -0.39 is 0 Å². The summed E-state index contributed by atoms with van der Waals surface area (Å²) in [6.45, 7) is 4.65. The molecule has 1 aromatic heterocycles. The van der Waals surface area contributed by atoms with E-state index in [1.54, 1.807) is 11.3 Å². The van der Waals surface area contributed by atoms with Crippen molar-refractivity contribution in [2.24, 2.45) is 11.7 Å². The number of amides is 1. The summed E-state index contributed by atoms with van der Waals surface area (Å²) in [5.74, 6) is 0.394. The van der Waals surface area contributed by atoms with E-state index in [0.29, 0.717) is 18.9 Å². The molecule has 1 aromatic rings. The first-order valence-electron chi connectivity index (χ1n) is 5.68. The lowest BCUT2D eigenvalue weighted by atomic mass is 10.0. The van der Waals surface area contributed by atoms with Gasteiger partial charge >= 0.3 is 0 Å². The molecule has 4 heteroatoms. The highest BCUT2D eigenvalue weighted by Crippen LogP contribution is 2.16. The van der Waals surface area contributed by atoms with E-state index >= 15 is 0 Å². The zero-order valence-electron chi connectivity index (χ0n) is 9.90. The maximum atomic E-state index is 11.7. The van der Waals surface area contributed by atoms with Gasteiger partial charge in [0.15, 0.2) is 0 Å². The summed E-state index contributed by atoms with van der Waals surface area (Å²) < 4.78 is 0. The molecule has 0 saturated heterocycles. The van der Waals surface area contributed by atoms with Crippen LogP contribution >= 0.6 is 11.3 Å². The standard InChI is InChI=1S/C12H20N2OS/c1-3-10(7-13)6-12(15)14-9(2)11-4-5-16-8-11/h4-5,8-10H,3,6-7,13H2,1-2H3,(H,14,15). The molecule has 3 N–H and O–H groups in total. The Morgan fingerprint density at radius 1 is 1.62 bits per heavy atom. The van der Waals surface area contributed by atoms with Crippen molar-refractivity contribution in [2.45, 2.75) is 32.7 Å². The molecule has 2 atom stereocenters. The van der Waals surface area contributed by atoms with Gasteiger partial charge in [-0.15, -0.1) is 0 Å². The van der Waals surface area contributed by atoms with Gasteiger partial charge in [-0.2, -0.15) is 11.3 Å². The Hall–Kier alpha value is -0.870. The van der Waals surface area contributed by atoms with Gasteiger partial charge in [0.2, 0.25) is 5.91 Å². The number of thiophene rings is 1. The van der Waals surface area contributed by atoms with Gasteiger partial charge in [-0.25, -0.2) is 0 Å². The Bertz CT molecular complexity index is 307. The molecule has 0 bridgehead atoms. The number of carbonyl (C=O) groups is 1. The van der Waals surface area contributed by atoms with Crippen LogP contribution < -0.4 is 11.1 Å². The van der Waals surface area contributed by atoms with Gasteiger partial charge in [0.05, 0.1) is 6.04 Å². The molecule has 1 heterocycles. The average Bonchev–Trinajstić information content (AvgIpc) is 2.79. The molecule has 0 saturated carbocycles. The highest BCUT2D eigenvalue weighted by Gasteiger charge is 2.13. The topological polar surface area (TPSA) is 55.1 Å². The van der Waals surface area contributed by atoms with Crippen molar-refractivity contribution in [3.8, 4) is 0 Å². The summed E-state index contributed by atoms with van der Waals surface area (Å²) in [5, 5.41) is 7.07. The highest BCUT2D eigenvalue weighted by atomic mass is 32.1. The summed E-state index contributed by atoms with van der Waals surface area (Å²) in [5.41, 5.74) is 6.74. The van der Waals surface area contributed by atoms with Gasteiger partial charge < -0.3 is 11.1 Å². The molecule has 0 aliphatic rings. The molecule has 1 amide bonds. The molecule has 0 aliphatic heterocycles. The molecule has 1 rings (SSSR count). The third-order valence-electron chi connectivity index (χ3n) is 2.81. The van der Waals surface area contributed by atoms with Gasteiger partial charge in [0, 0.05) is 6.42 Å². The minimum atomic E-state index is 0.0917. The smallest absolute Gasteiger partial charge is 0.220 e. The third kappa shape index (κ3) is 3.94. The van der Waals surface area contributed by atoms with Crippen LogP contribution in [0.5, 0.6) is 0 Å². The minimum Gasteiger partial charge on any atom is -0.350 e. The molecule has 16 heavy (non-hydrogen) atoms. The predicted molar refractivity (Wildman–Crippen MR) is 68.3 cm³/mol. The van der Waals surface area contributed by atoms with Crippen molar-refractivity contribution in [3.63, 3.8) is 0 Å². The number of nitrogens with two attached hydrogens (primary N) is 1. The third-order valence-corrected chi connectivity index (χ3v) is 3.51. The number of hydrogen-bond donors (Lipinski definition) is 2. The quantitative estimate of drug-likeness (QED) is 0.801. The Balaban J connectivity index is 2.39. The van der Waals surface area contributed by atoms with Gasteiger partial charge in [-0.3, -0.25) is 4.79 Å². The number of nitrogens with one attached hydrogen (secondary N) is 1. The average molecular weight is 240 g/mol. The molecule has 90 valence electrons. The van der Waals surface area contributed by atoms with Crippen LogP contribution in [0.3, 0.4) is 0 Å². The summed E-state index contributed by atoms with van der Waals surface area (Å²) in [4.78, 5) is 11.7. The molecular weight excluding hydrogens is 220 g/mol. The number of hydrogen-bond acceptors (Lipinski definition) is 3. The molecule has 3 nitrogen and oxygen atoms in total. The van der Waals surface area contributed by atoms with Crippen LogP contribution in [-0.2, 0) is 4.79 Å². The fraction of sp³-hybridized carbons (Fsp3) is 0.583. The van der Waals surface area contributed by atoms with Gasteiger partial charge in [-0.05, 0) is 41.8 Å². The van der Waals surface area contributed by atoms with Gasteiger partial charge in [-0.1, -0.05) is 13.3 Å². The van der Waals surface area contributed by atoms with E-state index in [4.69, 9.17) is 5.73 Å². The Labute approximate surface area is 101 Å². The lowest BCUT2D eigenvalue weighted by molar-refractivity contribution is -0.122. The lowest BCUT2D eigenvalue weighted by Gasteiger charge is -2.16. The molecule has 0 aromatic carbocycles. The monoisotopic (exact) mass is 240 g/mol. The van der Waals surface area contributed by atoms with Crippen LogP contribution in [0.25, 0.3) is 0 Å². The van der Waals surface area contributed by atoms with Crippen molar-refractivity contribution < 1.29 is 4.79 Å². The second-order valence-electron chi connectivity index (χ2n) is 4.06. The summed E-state index contributed by atoms with van der Waals surface area (Å²) in [6, 6.07) is 2.13. The van der Waals surface area contributed by atoms with E-state index in [2.05, 4.69) is 17.6 Å². The first-order valence-corrected chi connectivity index (χ1v) is 6.63. The van der Waals surface area contributed by atoms with E-state index in [9.17, 15) is 4.79 Å². The highest BCUT2D eigenvalue weighted by molar-refractivity contribution is 7.07. The maximum absolute atomic E-state index is 11.7. The SMILES string of the molecule is CCC(CN)CC(=O)NC(C)c1ccsc1. The zero-order chi connectivity index (χ0) is 12.0. The van der Waals surface area contributed by atoms with Gasteiger partial charge in [0.25, 0.3) is 0 Å². The zero-order valence-corrected chi connectivity index (χ0v) is 10.7. The minimum absolute atomic E-state index is 0.0917. The largest absolute Gasteiger partial charge is 0.350 e. The second kappa shape index (κ2) is 6.66. The van der Waals surface area contributed by atoms with Crippen LogP contribution in [0.15, 0.2) is 16.8 Å². The van der Waals surface area contributed by atoms with E-state index in [0.717, 1.165) is 6.42 Å². The Kier molecular flexibility index (Phi) is 5.49. The first kappa shape index (κ1) is 13.2. The molecular formula is C12H20N2OS. The summed E-state index contributed by atoms with van der Waals surface area (Å²) >= 11 is 1.65. The lowest BCUT2D eigenvalue weighted by Crippen LogP contribution is -2.29. The molecule has 0 fully saturated rings. The summed E-state index contributed by atoms with van der Waals surface area (Å²) in [6.07, 6.45) is 1.48. The van der Waals surface area contributed by atoms with Gasteiger partial charge in [0.1, 0.15) is 0 Å². The van der Waals surface area contributed by atoms with E-state index in [-0.39, 0.29) is 11.9 Å². The molecule has 0 spiro atoms. The Morgan fingerprint density at radius 2 is 2.38 bits per heavy atom. The van der Waals surface area contributed by atoms with Crippen molar-refractivity contribution in [1.29, 1.82) is 0 Å². The van der Waals surface area contributed by atoms with Crippen LogP contribution in [0.4, 0.5) is 0 Å². The summed E-state index contributed by atoms with van der Waals surface area (Å²) in [7, 11) is 0. The van der Waals surface area contributed by atoms with Crippen molar-refractivity contribution in [1.82, 2.24) is 5.32 Å². The maximum Gasteiger partial charge on any atom is 0.220 e. The molecule has 0 aliphatic carbocycles. The normalized spacial score (nSPS) is 14.4. The van der Waals surface area contributed by atoms with Crippen LogP contribution in [0.1, 0.15) is 38.3 Å². The van der Waals surface area contributed by atoms with Crippen LogP contribution in [0.2, 0.25) is 0 Å². The van der Waals surface area contributed by atoms with E-state index in [1.807, 2.05) is 18.4 Å². The van der Waals surface area contributed by atoms with Crippen molar-refractivity contribution >= 4 is 17.2 Å². The molecule has 2 unspecified atom stereocenters.